The Bertz CT molecular complexity index is 1170. The molecule has 5 heteroatoms. The van der Waals surface area contributed by atoms with Crippen LogP contribution in [0, 0.1) is 6.92 Å². The van der Waals surface area contributed by atoms with Crippen LogP contribution in [0.2, 0.25) is 0 Å². The monoisotopic (exact) mass is 413 g/mol. The SMILES string of the molecule is Cc1ccccc1OCCCC(=O)NCc1cccc(Cn2cnc3ccccc32)c1. The minimum absolute atomic E-state index is 0.0411. The maximum atomic E-state index is 12.2. The highest BCUT2D eigenvalue weighted by molar-refractivity contribution is 5.76. The molecule has 0 saturated heterocycles. The number of hydrogen-bond acceptors (Lipinski definition) is 3. The molecule has 4 rings (SSSR count). The van der Waals surface area contributed by atoms with Gasteiger partial charge in [-0.2, -0.15) is 0 Å². The van der Waals surface area contributed by atoms with Crippen LogP contribution in [0.15, 0.2) is 79.1 Å². The Balaban J connectivity index is 1.24. The van der Waals surface area contributed by atoms with Gasteiger partial charge in [0.25, 0.3) is 0 Å². The van der Waals surface area contributed by atoms with E-state index < -0.39 is 0 Å². The molecule has 31 heavy (non-hydrogen) atoms. The highest BCUT2D eigenvalue weighted by atomic mass is 16.5. The highest BCUT2D eigenvalue weighted by Gasteiger charge is 2.05. The summed E-state index contributed by atoms with van der Waals surface area (Å²) in [7, 11) is 0. The van der Waals surface area contributed by atoms with E-state index in [1.165, 1.54) is 5.56 Å². The van der Waals surface area contributed by atoms with Crippen molar-refractivity contribution in [2.75, 3.05) is 6.61 Å². The minimum Gasteiger partial charge on any atom is -0.493 e. The Kier molecular flexibility index (Phi) is 6.62. The van der Waals surface area contributed by atoms with Crippen LogP contribution in [0.5, 0.6) is 5.75 Å². The Morgan fingerprint density at radius 3 is 2.71 bits per heavy atom. The summed E-state index contributed by atoms with van der Waals surface area (Å²) in [6.45, 7) is 3.83. The van der Waals surface area contributed by atoms with Crippen molar-refractivity contribution in [3.05, 3.63) is 95.8 Å². The average molecular weight is 414 g/mol. The van der Waals surface area contributed by atoms with E-state index in [0.717, 1.165) is 34.5 Å². The minimum atomic E-state index is 0.0411. The predicted octanol–water partition coefficient (Wildman–Crippen LogP) is 4.87. The number of nitrogens with one attached hydrogen (secondary N) is 1. The van der Waals surface area contributed by atoms with E-state index in [0.29, 0.717) is 26.0 Å². The molecule has 0 unspecified atom stereocenters. The molecule has 0 aliphatic heterocycles. The lowest BCUT2D eigenvalue weighted by Crippen LogP contribution is -2.23. The first kappa shape index (κ1) is 20.7. The number of carbonyl (C=O) groups excluding carboxylic acids is 1. The van der Waals surface area contributed by atoms with Crippen molar-refractivity contribution in [2.24, 2.45) is 0 Å². The molecule has 4 aromatic rings. The number of carbonyl (C=O) groups is 1. The fraction of sp³-hybridized carbons (Fsp3) is 0.231. The first-order valence-electron chi connectivity index (χ1n) is 10.6. The quantitative estimate of drug-likeness (QED) is 0.398. The zero-order valence-corrected chi connectivity index (χ0v) is 17.8. The van der Waals surface area contributed by atoms with Gasteiger partial charge in [-0.25, -0.2) is 4.98 Å². The van der Waals surface area contributed by atoms with Gasteiger partial charge in [0.15, 0.2) is 0 Å². The number of ether oxygens (including phenoxy) is 1. The van der Waals surface area contributed by atoms with E-state index in [4.69, 9.17) is 4.74 Å². The first-order chi connectivity index (χ1) is 15.2. The van der Waals surface area contributed by atoms with Crippen molar-refractivity contribution in [3.63, 3.8) is 0 Å². The van der Waals surface area contributed by atoms with Gasteiger partial charge in [-0.15, -0.1) is 0 Å². The number of amides is 1. The fourth-order valence-corrected chi connectivity index (χ4v) is 3.59. The third-order valence-corrected chi connectivity index (χ3v) is 5.26. The summed E-state index contributed by atoms with van der Waals surface area (Å²) in [5.74, 6) is 0.921. The van der Waals surface area contributed by atoms with Gasteiger partial charge >= 0.3 is 0 Å². The second-order valence-corrected chi connectivity index (χ2v) is 7.68. The Hall–Kier alpha value is -3.60. The maximum Gasteiger partial charge on any atom is 0.220 e. The molecule has 0 aliphatic carbocycles. The van der Waals surface area contributed by atoms with Crippen molar-refractivity contribution in [3.8, 4) is 5.75 Å². The van der Waals surface area contributed by atoms with Crippen molar-refractivity contribution in [2.45, 2.75) is 32.9 Å². The molecule has 0 spiro atoms. The standard InChI is InChI=1S/C26H27N3O2/c1-20-8-2-5-13-25(20)31-15-7-14-26(30)27-17-21-9-6-10-22(16-21)18-29-19-28-23-11-3-4-12-24(23)29/h2-6,8-13,16,19H,7,14-15,17-18H2,1H3,(H,27,30). The molecule has 0 bridgehead atoms. The number of fused-ring (bicyclic) bond motifs is 1. The van der Waals surface area contributed by atoms with Crippen LogP contribution in [0.1, 0.15) is 29.5 Å². The van der Waals surface area contributed by atoms with E-state index in [2.05, 4.69) is 33.1 Å². The van der Waals surface area contributed by atoms with Gasteiger partial charge < -0.3 is 14.6 Å². The van der Waals surface area contributed by atoms with Gasteiger partial charge in [0.1, 0.15) is 5.75 Å². The third-order valence-electron chi connectivity index (χ3n) is 5.26. The molecule has 0 saturated carbocycles. The Morgan fingerprint density at radius 2 is 1.81 bits per heavy atom. The predicted molar refractivity (Wildman–Crippen MR) is 123 cm³/mol. The molecule has 1 amide bonds. The summed E-state index contributed by atoms with van der Waals surface area (Å²) in [5, 5.41) is 3.01. The maximum absolute atomic E-state index is 12.2. The molecule has 1 aromatic heterocycles. The van der Waals surface area contributed by atoms with Crippen molar-refractivity contribution in [1.29, 1.82) is 0 Å². The number of imidazole rings is 1. The van der Waals surface area contributed by atoms with Crippen LogP contribution < -0.4 is 10.1 Å². The van der Waals surface area contributed by atoms with E-state index in [-0.39, 0.29) is 5.91 Å². The lowest BCUT2D eigenvalue weighted by Gasteiger charge is -2.10. The summed E-state index contributed by atoms with van der Waals surface area (Å²) in [4.78, 5) is 16.7. The second kappa shape index (κ2) is 9.94. The van der Waals surface area contributed by atoms with E-state index >= 15 is 0 Å². The van der Waals surface area contributed by atoms with Gasteiger partial charge in [0, 0.05) is 19.5 Å². The summed E-state index contributed by atoms with van der Waals surface area (Å²) < 4.78 is 7.90. The smallest absolute Gasteiger partial charge is 0.220 e. The molecule has 1 heterocycles. The number of aromatic nitrogens is 2. The molecular weight excluding hydrogens is 386 g/mol. The van der Waals surface area contributed by atoms with Crippen LogP contribution in [0.3, 0.4) is 0 Å². The molecule has 1 N–H and O–H groups in total. The topological polar surface area (TPSA) is 56.1 Å². The van der Waals surface area contributed by atoms with Crippen LogP contribution in [0.4, 0.5) is 0 Å². The number of rotatable bonds is 9. The van der Waals surface area contributed by atoms with Crippen molar-refractivity contribution >= 4 is 16.9 Å². The number of aryl methyl sites for hydroxylation is 1. The number of benzene rings is 3. The van der Waals surface area contributed by atoms with Crippen molar-refractivity contribution in [1.82, 2.24) is 14.9 Å². The van der Waals surface area contributed by atoms with Gasteiger partial charge in [-0.3, -0.25) is 4.79 Å². The van der Waals surface area contributed by atoms with Crippen LogP contribution >= 0.6 is 0 Å². The fourth-order valence-electron chi connectivity index (χ4n) is 3.59. The number of hydrogen-bond donors (Lipinski definition) is 1. The normalized spacial score (nSPS) is 10.9. The van der Waals surface area contributed by atoms with Crippen LogP contribution in [-0.2, 0) is 17.9 Å². The molecular formula is C26H27N3O2. The summed E-state index contributed by atoms with van der Waals surface area (Å²) >= 11 is 0. The van der Waals surface area contributed by atoms with E-state index in [1.807, 2.05) is 67.8 Å². The number of para-hydroxylation sites is 3. The second-order valence-electron chi connectivity index (χ2n) is 7.68. The lowest BCUT2D eigenvalue weighted by atomic mass is 10.1. The first-order valence-corrected chi connectivity index (χ1v) is 10.6. The summed E-state index contributed by atoms with van der Waals surface area (Å²) in [6.07, 6.45) is 3.01. The largest absolute Gasteiger partial charge is 0.493 e. The van der Waals surface area contributed by atoms with Gasteiger partial charge in [-0.1, -0.05) is 54.6 Å². The molecule has 158 valence electrons. The highest BCUT2D eigenvalue weighted by Crippen LogP contribution is 2.17. The summed E-state index contributed by atoms with van der Waals surface area (Å²) in [5.41, 5.74) is 5.50. The van der Waals surface area contributed by atoms with Crippen LogP contribution in [0.25, 0.3) is 11.0 Å². The molecule has 5 nitrogen and oxygen atoms in total. The van der Waals surface area contributed by atoms with Crippen molar-refractivity contribution < 1.29 is 9.53 Å². The van der Waals surface area contributed by atoms with Gasteiger partial charge in [-0.05, 0) is 48.2 Å². The molecule has 3 aromatic carbocycles. The summed E-state index contributed by atoms with van der Waals surface area (Å²) in [6, 6.07) is 24.3. The van der Waals surface area contributed by atoms with Gasteiger partial charge in [0.2, 0.25) is 5.91 Å². The van der Waals surface area contributed by atoms with E-state index in [9.17, 15) is 4.79 Å². The van der Waals surface area contributed by atoms with E-state index in [1.54, 1.807) is 0 Å². The van der Waals surface area contributed by atoms with Crippen LogP contribution in [-0.4, -0.2) is 22.1 Å². The molecule has 0 aliphatic rings. The average Bonchev–Trinajstić information content (AvgIpc) is 3.19. The Labute approximate surface area is 182 Å². The zero-order chi connectivity index (χ0) is 21.5. The Morgan fingerprint density at radius 1 is 1.00 bits per heavy atom. The third kappa shape index (κ3) is 5.51. The molecule has 0 radical (unpaired) electrons. The zero-order valence-electron chi connectivity index (χ0n) is 17.8. The van der Waals surface area contributed by atoms with Gasteiger partial charge in [0.05, 0.1) is 24.0 Å². The number of nitrogens with zero attached hydrogens (tertiary/aromatic N) is 2. The molecule has 0 fully saturated rings. The lowest BCUT2D eigenvalue weighted by molar-refractivity contribution is -0.121. The molecule has 0 atom stereocenters.